The Morgan fingerprint density at radius 3 is 2.58 bits per heavy atom. The van der Waals surface area contributed by atoms with Crippen LogP contribution in [0.4, 0.5) is 10.1 Å². The number of methoxy groups -OCH3 is 1. The molecule has 0 aliphatic carbocycles. The molecule has 1 heterocycles. The Morgan fingerprint density at radius 1 is 1.08 bits per heavy atom. The zero-order valence-electron chi connectivity index (χ0n) is 21.0. The van der Waals surface area contributed by atoms with E-state index in [1.807, 2.05) is 0 Å². The molecule has 0 bridgehead atoms. The summed E-state index contributed by atoms with van der Waals surface area (Å²) in [6.07, 6.45) is 0. The van der Waals surface area contributed by atoms with E-state index >= 15 is 0 Å². The predicted molar refractivity (Wildman–Crippen MR) is 146 cm³/mol. The highest BCUT2D eigenvalue weighted by Crippen LogP contribution is 2.20. The Balaban J connectivity index is 1.53. The molecule has 10 heteroatoms. The molecule has 1 aromatic heterocycles. The third kappa shape index (κ3) is 6.64. The number of nitrogens with zero attached hydrogens (tertiary/aromatic N) is 2. The maximum Gasteiger partial charge on any atom is 0.262 e. The average Bonchev–Trinajstić information content (AvgIpc) is 2.92. The number of halogens is 1. The van der Waals surface area contributed by atoms with E-state index in [1.54, 1.807) is 74.7 Å². The van der Waals surface area contributed by atoms with Gasteiger partial charge in [0.05, 0.1) is 29.8 Å². The van der Waals surface area contributed by atoms with Crippen LogP contribution in [-0.2, 0) is 16.1 Å². The third-order valence-corrected chi connectivity index (χ3v) is 6.74. The quantitative estimate of drug-likeness (QED) is 0.181. The van der Waals surface area contributed by atoms with E-state index in [9.17, 15) is 18.8 Å². The number of aromatic nitrogens is 2. The first-order valence-corrected chi connectivity index (χ1v) is 12.9. The minimum absolute atomic E-state index is 0.0269. The number of nitrogens with one attached hydrogen (secondary N) is 2. The van der Waals surface area contributed by atoms with Crippen LogP contribution >= 0.6 is 11.8 Å². The number of hydrogen-bond donors (Lipinski definition) is 2. The Bertz CT molecular complexity index is 1520. The monoisotopic (exact) mass is 534 g/mol. The van der Waals surface area contributed by atoms with Gasteiger partial charge in [0.1, 0.15) is 5.82 Å². The number of anilines is 1. The second kappa shape index (κ2) is 12.5. The number of carbonyl (C=O) groups excluding carboxylic acids is 2. The highest BCUT2D eigenvalue weighted by Gasteiger charge is 2.15. The summed E-state index contributed by atoms with van der Waals surface area (Å²) in [5, 5.41) is 6.28. The molecule has 0 saturated carbocycles. The number of hydrogen-bond acceptors (Lipinski definition) is 6. The lowest BCUT2D eigenvalue weighted by Gasteiger charge is -2.14. The summed E-state index contributed by atoms with van der Waals surface area (Å²) in [6, 6.07) is 18.5. The zero-order chi connectivity index (χ0) is 27.1. The molecular weight excluding hydrogens is 507 g/mol. The van der Waals surface area contributed by atoms with Crippen LogP contribution in [0.15, 0.2) is 76.7 Å². The fraction of sp³-hybridized carbons (Fsp3) is 0.214. The van der Waals surface area contributed by atoms with Crippen LogP contribution in [-0.4, -0.2) is 47.4 Å². The van der Waals surface area contributed by atoms with Gasteiger partial charge < -0.3 is 15.4 Å². The highest BCUT2D eigenvalue weighted by atomic mass is 32.2. The lowest BCUT2D eigenvalue weighted by atomic mass is 10.1. The summed E-state index contributed by atoms with van der Waals surface area (Å²) in [5.41, 5.74) is 2.42. The largest absolute Gasteiger partial charge is 0.383 e. The van der Waals surface area contributed by atoms with Crippen LogP contribution in [0.3, 0.4) is 0 Å². The van der Waals surface area contributed by atoms with Gasteiger partial charge in [-0.25, -0.2) is 9.37 Å². The van der Waals surface area contributed by atoms with E-state index in [-0.39, 0.29) is 29.7 Å². The number of para-hydroxylation sites is 1. The van der Waals surface area contributed by atoms with Gasteiger partial charge in [-0.15, -0.1) is 0 Å². The van der Waals surface area contributed by atoms with Gasteiger partial charge in [-0.1, -0.05) is 42.1 Å². The standard InChI is InChI=1S/C28H27FN4O4S/c1-18-7-12-21(15-23(18)29)31-25(34)17-38-28-32-24-6-4-3-5-22(24)27(36)33(28)16-19-8-10-20(11-9-19)26(35)30-13-14-37-2/h3-12,15H,13-14,16-17H2,1-2H3,(H,30,35)(H,31,34). The zero-order valence-corrected chi connectivity index (χ0v) is 21.8. The maximum absolute atomic E-state index is 13.8. The molecule has 196 valence electrons. The van der Waals surface area contributed by atoms with Crippen LogP contribution in [0.2, 0.25) is 0 Å². The van der Waals surface area contributed by atoms with Crippen molar-refractivity contribution in [3.8, 4) is 0 Å². The molecule has 3 aromatic carbocycles. The number of aryl methyl sites for hydroxylation is 1. The Labute approximate surface area is 223 Å². The van der Waals surface area contributed by atoms with E-state index in [0.29, 0.717) is 46.0 Å². The molecule has 0 radical (unpaired) electrons. The van der Waals surface area contributed by atoms with Crippen molar-refractivity contribution in [1.82, 2.24) is 14.9 Å². The molecule has 2 amide bonds. The van der Waals surface area contributed by atoms with E-state index in [4.69, 9.17) is 4.74 Å². The fourth-order valence-electron chi connectivity index (χ4n) is 3.71. The van der Waals surface area contributed by atoms with Crippen molar-refractivity contribution in [3.63, 3.8) is 0 Å². The Kier molecular flexibility index (Phi) is 8.88. The molecule has 4 rings (SSSR count). The number of benzene rings is 3. The van der Waals surface area contributed by atoms with Crippen molar-refractivity contribution in [1.29, 1.82) is 0 Å². The minimum atomic E-state index is -0.404. The van der Waals surface area contributed by atoms with Crippen molar-refractivity contribution in [2.75, 3.05) is 31.3 Å². The highest BCUT2D eigenvalue weighted by molar-refractivity contribution is 7.99. The number of rotatable bonds is 10. The van der Waals surface area contributed by atoms with Gasteiger partial charge in [-0.2, -0.15) is 0 Å². The van der Waals surface area contributed by atoms with Crippen molar-refractivity contribution in [2.24, 2.45) is 0 Å². The topological polar surface area (TPSA) is 102 Å². The van der Waals surface area contributed by atoms with Gasteiger partial charge in [-0.05, 0) is 54.4 Å². The number of thioether (sulfide) groups is 1. The van der Waals surface area contributed by atoms with Gasteiger partial charge in [0, 0.05) is 24.9 Å². The minimum Gasteiger partial charge on any atom is -0.383 e. The third-order valence-electron chi connectivity index (χ3n) is 5.76. The number of carbonyl (C=O) groups is 2. The summed E-state index contributed by atoms with van der Waals surface area (Å²) in [4.78, 5) is 42.9. The van der Waals surface area contributed by atoms with E-state index in [1.165, 1.54) is 10.6 Å². The maximum atomic E-state index is 13.8. The summed E-state index contributed by atoms with van der Waals surface area (Å²) in [6.45, 7) is 2.67. The number of amides is 2. The first kappa shape index (κ1) is 27.0. The molecule has 0 spiro atoms. The normalized spacial score (nSPS) is 10.9. The molecule has 0 fully saturated rings. The summed E-state index contributed by atoms with van der Waals surface area (Å²) in [5.74, 6) is -0.996. The SMILES string of the molecule is COCCNC(=O)c1ccc(Cn2c(SCC(=O)Nc3ccc(C)c(F)c3)nc3ccccc3c2=O)cc1. The van der Waals surface area contributed by atoms with Crippen molar-refractivity contribution < 1.29 is 18.7 Å². The first-order valence-electron chi connectivity index (χ1n) is 11.9. The van der Waals surface area contributed by atoms with Gasteiger partial charge in [0.25, 0.3) is 11.5 Å². The molecule has 0 atom stereocenters. The van der Waals surface area contributed by atoms with Gasteiger partial charge >= 0.3 is 0 Å². The molecular formula is C28H27FN4O4S. The molecule has 8 nitrogen and oxygen atoms in total. The first-order chi connectivity index (χ1) is 18.4. The van der Waals surface area contributed by atoms with E-state index in [0.717, 1.165) is 17.3 Å². The van der Waals surface area contributed by atoms with Crippen LogP contribution in [0.5, 0.6) is 0 Å². The van der Waals surface area contributed by atoms with Crippen molar-refractivity contribution >= 4 is 40.2 Å². The molecule has 0 unspecified atom stereocenters. The van der Waals surface area contributed by atoms with Crippen LogP contribution in [0.25, 0.3) is 10.9 Å². The predicted octanol–water partition coefficient (Wildman–Crippen LogP) is 4.00. The summed E-state index contributed by atoms with van der Waals surface area (Å²) >= 11 is 1.12. The molecule has 2 N–H and O–H groups in total. The average molecular weight is 535 g/mol. The lowest BCUT2D eigenvalue weighted by molar-refractivity contribution is -0.113. The molecule has 4 aromatic rings. The van der Waals surface area contributed by atoms with E-state index in [2.05, 4.69) is 15.6 Å². The lowest BCUT2D eigenvalue weighted by Crippen LogP contribution is -2.27. The second-order valence-corrected chi connectivity index (χ2v) is 9.49. The summed E-state index contributed by atoms with van der Waals surface area (Å²) < 4.78 is 20.3. The Hall–Kier alpha value is -4.02. The van der Waals surface area contributed by atoms with Crippen LogP contribution in [0.1, 0.15) is 21.5 Å². The summed E-state index contributed by atoms with van der Waals surface area (Å²) in [7, 11) is 1.56. The molecule has 0 saturated heterocycles. The van der Waals surface area contributed by atoms with Gasteiger partial charge in [0.15, 0.2) is 5.16 Å². The van der Waals surface area contributed by atoms with Gasteiger partial charge in [0.2, 0.25) is 5.91 Å². The molecule has 0 aliphatic rings. The Morgan fingerprint density at radius 2 is 1.84 bits per heavy atom. The number of fused-ring (bicyclic) bond motifs is 1. The molecule has 38 heavy (non-hydrogen) atoms. The van der Waals surface area contributed by atoms with Crippen molar-refractivity contribution in [2.45, 2.75) is 18.6 Å². The van der Waals surface area contributed by atoms with Crippen LogP contribution in [0, 0.1) is 12.7 Å². The van der Waals surface area contributed by atoms with Crippen molar-refractivity contribution in [3.05, 3.63) is 99.6 Å². The fourth-order valence-corrected chi connectivity index (χ4v) is 4.51. The second-order valence-electron chi connectivity index (χ2n) is 8.55. The van der Waals surface area contributed by atoms with Crippen LogP contribution < -0.4 is 16.2 Å². The smallest absolute Gasteiger partial charge is 0.262 e. The van der Waals surface area contributed by atoms with E-state index < -0.39 is 5.82 Å². The number of ether oxygens (including phenoxy) is 1. The molecule has 0 aliphatic heterocycles. The van der Waals surface area contributed by atoms with Gasteiger partial charge in [-0.3, -0.25) is 19.0 Å².